The Labute approximate surface area is 198 Å². The van der Waals surface area contributed by atoms with Gasteiger partial charge >= 0.3 is 5.63 Å². The van der Waals surface area contributed by atoms with Crippen LogP contribution in [0.25, 0.3) is 0 Å². The lowest BCUT2D eigenvalue weighted by Gasteiger charge is -2.22. The first kappa shape index (κ1) is 27.0. The Balaban J connectivity index is 2.52. The molecule has 0 fully saturated rings. The van der Waals surface area contributed by atoms with Crippen LogP contribution in [0.15, 0.2) is 27.4 Å². The van der Waals surface area contributed by atoms with E-state index in [0.29, 0.717) is 11.3 Å². The Kier molecular flexibility index (Phi) is 8.93. The summed E-state index contributed by atoms with van der Waals surface area (Å²) in [6, 6.07) is 4.45. The molecule has 1 atom stereocenters. The molecule has 0 saturated carbocycles. The highest BCUT2D eigenvalue weighted by atomic mass is 32.2. The number of methoxy groups -OCH3 is 3. The predicted molar refractivity (Wildman–Crippen MR) is 124 cm³/mol. The van der Waals surface area contributed by atoms with Crippen LogP contribution in [0, 0.1) is 6.92 Å². The maximum Gasteiger partial charge on any atom is 0.343 e. The molecule has 188 valence electrons. The van der Waals surface area contributed by atoms with E-state index in [1.807, 2.05) is 0 Å². The lowest BCUT2D eigenvalue weighted by Crippen LogP contribution is -2.34. The van der Waals surface area contributed by atoms with Crippen molar-refractivity contribution in [1.29, 1.82) is 0 Å². The second-order valence-electron chi connectivity index (χ2n) is 7.57. The summed E-state index contributed by atoms with van der Waals surface area (Å²) in [4.78, 5) is 25.5. The first-order chi connectivity index (χ1) is 16.0. The molecule has 11 nitrogen and oxygen atoms in total. The van der Waals surface area contributed by atoms with Crippen molar-refractivity contribution >= 4 is 15.9 Å². The number of ether oxygens (including phenoxy) is 3. The number of amides is 1. The number of sulfonamides is 1. The molecule has 0 saturated heterocycles. The molecule has 1 aromatic carbocycles. The zero-order valence-corrected chi connectivity index (χ0v) is 20.8. The Bertz CT molecular complexity index is 1190. The lowest BCUT2D eigenvalue weighted by molar-refractivity contribution is -0.121. The summed E-state index contributed by atoms with van der Waals surface area (Å²) in [5, 5.41) is 13.1. The van der Waals surface area contributed by atoms with Crippen LogP contribution in [0.1, 0.15) is 29.2 Å². The second-order valence-corrected chi connectivity index (χ2v) is 9.87. The molecular formula is C22H30N2O9S. The van der Waals surface area contributed by atoms with Crippen molar-refractivity contribution in [2.75, 3.05) is 47.7 Å². The third-order valence-corrected chi connectivity index (χ3v) is 7.01. The van der Waals surface area contributed by atoms with Crippen LogP contribution in [-0.2, 0) is 14.8 Å². The number of carbonyl (C=O) groups is 1. The Morgan fingerprint density at radius 3 is 2.32 bits per heavy atom. The van der Waals surface area contributed by atoms with Gasteiger partial charge in [0.05, 0.1) is 32.6 Å². The molecule has 1 amide bonds. The summed E-state index contributed by atoms with van der Waals surface area (Å²) in [6.45, 7) is 1.37. The van der Waals surface area contributed by atoms with Gasteiger partial charge in [0.1, 0.15) is 11.5 Å². The monoisotopic (exact) mass is 498 g/mol. The highest BCUT2D eigenvalue weighted by molar-refractivity contribution is 7.89. The van der Waals surface area contributed by atoms with Gasteiger partial charge in [0.15, 0.2) is 11.5 Å². The maximum atomic E-state index is 12.8. The fraction of sp³-hybridized carbons (Fsp3) is 0.455. The van der Waals surface area contributed by atoms with Crippen molar-refractivity contribution in [3.63, 3.8) is 0 Å². The number of aromatic hydroxyl groups is 1. The molecule has 2 N–H and O–H groups in total. The molecule has 2 aromatic rings. The van der Waals surface area contributed by atoms with Gasteiger partial charge in [-0.1, -0.05) is 6.07 Å². The summed E-state index contributed by atoms with van der Waals surface area (Å²) in [7, 11) is 3.54. The van der Waals surface area contributed by atoms with Crippen molar-refractivity contribution in [3.8, 4) is 23.0 Å². The minimum Gasteiger partial charge on any atom is -0.507 e. The van der Waals surface area contributed by atoms with E-state index in [1.165, 1.54) is 48.4 Å². The van der Waals surface area contributed by atoms with E-state index < -0.39 is 27.5 Å². The highest BCUT2D eigenvalue weighted by Crippen LogP contribution is 2.45. The first-order valence-electron chi connectivity index (χ1n) is 10.3. The lowest BCUT2D eigenvalue weighted by atomic mass is 9.87. The van der Waals surface area contributed by atoms with E-state index >= 15 is 0 Å². The molecule has 0 aliphatic carbocycles. The number of carbonyl (C=O) groups excluding carboxylic acids is 1. The van der Waals surface area contributed by atoms with Gasteiger partial charge in [-0.2, -0.15) is 0 Å². The number of hydrogen-bond acceptors (Lipinski definition) is 9. The van der Waals surface area contributed by atoms with Crippen LogP contribution >= 0.6 is 0 Å². The molecule has 2 rings (SSSR count). The summed E-state index contributed by atoms with van der Waals surface area (Å²) in [5.41, 5.74) is -0.600. The van der Waals surface area contributed by atoms with E-state index in [2.05, 4.69) is 5.32 Å². The number of nitrogens with one attached hydrogen (secondary N) is 1. The third-order valence-electron chi connectivity index (χ3n) is 5.18. The SMILES string of the molecule is COc1ccc([C@@H](CC(=O)NCCS(=O)(=O)N(C)C)c2c(O)cc(C)oc2=O)c(OC)c1OC. The van der Waals surface area contributed by atoms with Gasteiger partial charge < -0.3 is 29.1 Å². The molecule has 0 spiro atoms. The highest BCUT2D eigenvalue weighted by Gasteiger charge is 2.30. The molecule has 0 radical (unpaired) electrons. The maximum absolute atomic E-state index is 12.8. The standard InChI is InChI=1S/C22H30N2O9S/c1-13-11-16(25)19(22(27)33-13)15(12-18(26)23-9-10-34(28,29)24(2)3)14-7-8-17(30-4)21(32-6)20(14)31-5/h7-8,11,15,25H,9-10,12H2,1-6H3,(H,23,26)/t15-/m1/s1. The average Bonchev–Trinajstić information content (AvgIpc) is 2.76. The van der Waals surface area contributed by atoms with Crippen molar-refractivity contribution in [1.82, 2.24) is 9.62 Å². The van der Waals surface area contributed by atoms with Gasteiger partial charge in [0, 0.05) is 44.6 Å². The van der Waals surface area contributed by atoms with Gasteiger partial charge in [-0.3, -0.25) is 4.79 Å². The molecule has 1 aromatic heterocycles. The minimum atomic E-state index is -3.51. The van der Waals surface area contributed by atoms with Crippen molar-refractivity contribution in [2.24, 2.45) is 0 Å². The average molecular weight is 499 g/mol. The smallest absolute Gasteiger partial charge is 0.343 e. The predicted octanol–water partition coefficient (Wildman–Crippen LogP) is 1.21. The number of rotatable bonds is 11. The molecule has 0 aliphatic heterocycles. The minimum absolute atomic E-state index is 0.135. The molecule has 0 bridgehead atoms. The largest absolute Gasteiger partial charge is 0.507 e. The Morgan fingerprint density at radius 2 is 1.79 bits per heavy atom. The van der Waals surface area contributed by atoms with Crippen LogP contribution < -0.4 is 25.2 Å². The third kappa shape index (κ3) is 6.00. The fourth-order valence-electron chi connectivity index (χ4n) is 3.45. The molecular weight excluding hydrogens is 468 g/mol. The van der Waals surface area contributed by atoms with E-state index in [1.54, 1.807) is 12.1 Å². The zero-order valence-electron chi connectivity index (χ0n) is 20.0. The number of aryl methyl sites for hydroxylation is 1. The van der Waals surface area contributed by atoms with Gasteiger partial charge in [0.25, 0.3) is 0 Å². The summed E-state index contributed by atoms with van der Waals surface area (Å²) < 4.78 is 46.4. The quantitative estimate of drug-likeness (QED) is 0.467. The fourth-order valence-corrected chi connectivity index (χ4v) is 4.18. The molecule has 1 heterocycles. The summed E-state index contributed by atoms with van der Waals surface area (Å²) in [6.07, 6.45) is -0.310. The molecule has 34 heavy (non-hydrogen) atoms. The van der Waals surface area contributed by atoms with Crippen LogP contribution in [0.3, 0.4) is 0 Å². The summed E-state index contributed by atoms with van der Waals surface area (Å²) >= 11 is 0. The van der Waals surface area contributed by atoms with Gasteiger partial charge in [-0.05, 0) is 13.0 Å². The van der Waals surface area contributed by atoms with E-state index in [9.17, 15) is 23.1 Å². The van der Waals surface area contributed by atoms with Gasteiger partial charge in [-0.15, -0.1) is 0 Å². The van der Waals surface area contributed by atoms with Crippen molar-refractivity contribution < 1.29 is 36.9 Å². The molecule has 0 unspecified atom stereocenters. The number of benzene rings is 1. The molecule has 0 aliphatic rings. The second kappa shape index (κ2) is 11.3. The van der Waals surface area contributed by atoms with Gasteiger partial charge in [0.2, 0.25) is 21.7 Å². The zero-order chi connectivity index (χ0) is 25.6. The first-order valence-corrected chi connectivity index (χ1v) is 11.9. The van der Waals surface area contributed by atoms with Crippen LogP contribution in [0.5, 0.6) is 23.0 Å². The normalized spacial score (nSPS) is 12.3. The van der Waals surface area contributed by atoms with E-state index in [0.717, 1.165) is 4.31 Å². The molecule has 12 heteroatoms. The van der Waals surface area contributed by atoms with Gasteiger partial charge in [-0.25, -0.2) is 17.5 Å². The number of hydrogen-bond donors (Lipinski definition) is 2. The van der Waals surface area contributed by atoms with Crippen molar-refractivity contribution in [2.45, 2.75) is 19.3 Å². The Morgan fingerprint density at radius 1 is 1.15 bits per heavy atom. The Hall–Kier alpha value is -3.25. The number of nitrogens with zero attached hydrogens (tertiary/aromatic N) is 1. The van der Waals surface area contributed by atoms with Crippen LogP contribution in [0.4, 0.5) is 0 Å². The van der Waals surface area contributed by atoms with Crippen LogP contribution in [0.2, 0.25) is 0 Å². The van der Waals surface area contributed by atoms with Crippen LogP contribution in [-0.4, -0.2) is 71.5 Å². The van der Waals surface area contributed by atoms with E-state index in [4.69, 9.17) is 18.6 Å². The van der Waals surface area contributed by atoms with Crippen molar-refractivity contribution in [3.05, 3.63) is 45.5 Å². The summed E-state index contributed by atoms with van der Waals surface area (Å²) in [5.74, 6) is -1.20. The topological polar surface area (TPSA) is 145 Å². The van der Waals surface area contributed by atoms with E-state index in [-0.39, 0.29) is 47.3 Å².